The van der Waals surface area contributed by atoms with Crippen LogP contribution in [-0.2, 0) is 17.8 Å². The van der Waals surface area contributed by atoms with E-state index in [1.807, 2.05) is 12.3 Å². The number of nitrogens with zero attached hydrogens (tertiary/aromatic N) is 3. The smallest absolute Gasteiger partial charge is 0.230 e. The van der Waals surface area contributed by atoms with Crippen LogP contribution in [0.1, 0.15) is 40.9 Å². The van der Waals surface area contributed by atoms with E-state index in [0.717, 1.165) is 40.7 Å². The summed E-state index contributed by atoms with van der Waals surface area (Å²) in [6, 6.07) is 6.31. The number of thiazole rings is 1. The van der Waals surface area contributed by atoms with Crippen molar-refractivity contribution in [2.75, 3.05) is 5.32 Å². The molecule has 146 valence electrons. The van der Waals surface area contributed by atoms with Crippen molar-refractivity contribution in [2.24, 2.45) is 5.92 Å². The van der Waals surface area contributed by atoms with E-state index in [0.29, 0.717) is 11.6 Å². The number of anilines is 1. The molecule has 1 amide bonds. The molecule has 0 radical (unpaired) electrons. The van der Waals surface area contributed by atoms with Gasteiger partial charge < -0.3 is 5.32 Å². The molecule has 5 nitrogen and oxygen atoms in total. The largest absolute Gasteiger partial charge is 0.302 e. The van der Waals surface area contributed by atoms with E-state index in [4.69, 9.17) is 0 Å². The molecule has 2 heterocycles. The summed E-state index contributed by atoms with van der Waals surface area (Å²) in [4.78, 5) is 17.2. The summed E-state index contributed by atoms with van der Waals surface area (Å²) >= 11 is 1.46. The molecule has 3 aromatic rings. The van der Waals surface area contributed by atoms with E-state index in [9.17, 15) is 4.79 Å². The van der Waals surface area contributed by atoms with Crippen LogP contribution in [0.2, 0.25) is 0 Å². The molecule has 0 unspecified atom stereocenters. The average Bonchev–Trinajstić information content (AvgIpc) is 3.29. The number of amides is 1. The first-order valence-electron chi connectivity index (χ1n) is 9.76. The summed E-state index contributed by atoms with van der Waals surface area (Å²) in [6.45, 7) is 9.22. The maximum absolute atomic E-state index is 12.6. The van der Waals surface area contributed by atoms with Crippen LogP contribution in [0.4, 0.5) is 5.13 Å². The van der Waals surface area contributed by atoms with Crippen molar-refractivity contribution in [1.29, 1.82) is 0 Å². The average molecular weight is 395 g/mol. The fourth-order valence-corrected chi connectivity index (χ4v) is 4.14. The summed E-state index contributed by atoms with van der Waals surface area (Å²) < 4.78 is 2.07. The SMILES string of the molecule is Cc1ccc(-c2csc(NC(=O)Cc3c(C)nn(CC4CC4)c3C)n2)cc1C. The van der Waals surface area contributed by atoms with Gasteiger partial charge in [-0.25, -0.2) is 4.98 Å². The zero-order chi connectivity index (χ0) is 19.8. The Bertz CT molecular complexity index is 1030. The minimum atomic E-state index is -0.0434. The van der Waals surface area contributed by atoms with Gasteiger partial charge in [-0.15, -0.1) is 11.3 Å². The van der Waals surface area contributed by atoms with Gasteiger partial charge in [0.15, 0.2) is 5.13 Å². The number of nitrogens with one attached hydrogen (secondary N) is 1. The summed E-state index contributed by atoms with van der Waals surface area (Å²) in [7, 11) is 0. The lowest BCUT2D eigenvalue weighted by Crippen LogP contribution is -2.15. The highest BCUT2D eigenvalue weighted by Gasteiger charge is 2.24. The number of benzene rings is 1. The van der Waals surface area contributed by atoms with Gasteiger partial charge in [-0.1, -0.05) is 12.1 Å². The fourth-order valence-electron chi connectivity index (χ4n) is 3.40. The lowest BCUT2D eigenvalue weighted by atomic mass is 10.1. The van der Waals surface area contributed by atoms with Crippen molar-refractivity contribution in [3.8, 4) is 11.3 Å². The monoisotopic (exact) mass is 394 g/mol. The number of rotatable bonds is 6. The van der Waals surface area contributed by atoms with E-state index in [1.165, 1.54) is 35.3 Å². The summed E-state index contributed by atoms with van der Waals surface area (Å²) in [6.07, 6.45) is 2.92. The van der Waals surface area contributed by atoms with Crippen LogP contribution in [-0.4, -0.2) is 20.7 Å². The third-order valence-corrected chi connectivity index (χ3v) is 6.31. The van der Waals surface area contributed by atoms with Crippen molar-refractivity contribution in [2.45, 2.75) is 53.5 Å². The van der Waals surface area contributed by atoms with Gasteiger partial charge in [0.25, 0.3) is 0 Å². The minimum absolute atomic E-state index is 0.0434. The second-order valence-electron chi connectivity index (χ2n) is 7.84. The van der Waals surface area contributed by atoms with Crippen molar-refractivity contribution in [1.82, 2.24) is 14.8 Å². The molecule has 1 aliphatic carbocycles. The Hall–Kier alpha value is -2.47. The number of carbonyl (C=O) groups is 1. The highest BCUT2D eigenvalue weighted by molar-refractivity contribution is 7.14. The Labute approximate surface area is 169 Å². The first kappa shape index (κ1) is 18.9. The van der Waals surface area contributed by atoms with Gasteiger partial charge in [-0.3, -0.25) is 9.48 Å². The lowest BCUT2D eigenvalue weighted by Gasteiger charge is -2.05. The van der Waals surface area contributed by atoms with E-state index >= 15 is 0 Å². The van der Waals surface area contributed by atoms with Gasteiger partial charge in [0.1, 0.15) is 0 Å². The Balaban J connectivity index is 1.44. The number of hydrogen-bond donors (Lipinski definition) is 1. The predicted octanol–water partition coefficient (Wildman–Crippen LogP) is 4.83. The fraction of sp³-hybridized carbons (Fsp3) is 0.409. The first-order valence-corrected chi connectivity index (χ1v) is 10.6. The normalized spacial score (nSPS) is 13.7. The molecule has 0 spiro atoms. The standard InChI is InChI=1S/C22H26N4OS/c1-13-5-8-18(9-14(13)2)20-12-28-22(23-20)24-21(27)10-19-15(3)25-26(16(19)4)11-17-6-7-17/h5,8-9,12,17H,6-7,10-11H2,1-4H3,(H,23,24,27). The van der Waals surface area contributed by atoms with Gasteiger partial charge in [0.05, 0.1) is 17.8 Å². The number of hydrogen-bond acceptors (Lipinski definition) is 4. The van der Waals surface area contributed by atoms with Gasteiger partial charge in [-0.05, 0) is 63.6 Å². The molecule has 0 atom stereocenters. The number of aromatic nitrogens is 3. The second kappa shape index (κ2) is 7.51. The number of carbonyl (C=O) groups excluding carboxylic acids is 1. The zero-order valence-electron chi connectivity index (χ0n) is 16.9. The molecular weight excluding hydrogens is 368 g/mol. The first-order chi connectivity index (χ1) is 13.4. The third-order valence-electron chi connectivity index (χ3n) is 5.55. The Morgan fingerprint density at radius 3 is 2.71 bits per heavy atom. The van der Waals surface area contributed by atoms with Crippen LogP contribution in [0, 0.1) is 33.6 Å². The zero-order valence-corrected chi connectivity index (χ0v) is 17.7. The molecule has 4 rings (SSSR count). The van der Waals surface area contributed by atoms with Crippen molar-refractivity contribution < 1.29 is 4.79 Å². The summed E-state index contributed by atoms with van der Waals surface area (Å²) in [5, 5.41) is 10.2. The third kappa shape index (κ3) is 4.02. The van der Waals surface area contributed by atoms with Crippen LogP contribution < -0.4 is 5.32 Å². The molecule has 0 bridgehead atoms. The number of aryl methyl sites for hydroxylation is 3. The molecule has 28 heavy (non-hydrogen) atoms. The topological polar surface area (TPSA) is 59.8 Å². The Morgan fingerprint density at radius 2 is 2.00 bits per heavy atom. The highest BCUT2D eigenvalue weighted by Crippen LogP contribution is 2.31. The van der Waals surface area contributed by atoms with Gasteiger partial charge in [0.2, 0.25) is 5.91 Å². The van der Waals surface area contributed by atoms with Crippen LogP contribution >= 0.6 is 11.3 Å². The lowest BCUT2D eigenvalue weighted by molar-refractivity contribution is -0.115. The maximum atomic E-state index is 12.6. The van der Waals surface area contributed by atoms with Crippen LogP contribution in [0.25, 0.3) is 11.3 Å². The molecule has 6 heteroatoms. The molecule has 1 aromatic carbocycles. The van der Waals surface area contributed by atoms with E-state index in [-0.39, 0.29) is 5.91 Å². The molecular formula is C22H26N4OS. The van der Waals surface area contributed by atoms with Crippen LogP contribution in [0.15, 0.2) is 23.6 Å². The van der Waals surface area contributed by atoms with Crippen molar-refractivity contribution in [3.63, 3.8) is 0 Å². The Kier molecular flexibility index (Phi) is 5.06. The van der Waals surface area contributed by atoms with E-state index in [2.05, 4.69) is 59.1 Å². The van der Waals surface area contributed by atoms with Gasteiger partial charge in [0, 0.05) is 28.7 Å². The van der Waals surface area contributed by atoms with E-state index < -0.39 is 0 Å². The van der Waals surface area contributed by atoms with Crippen LogP contribution in [0.5, 0.6) is 0 Å². The molecule has 2 aromatic heterocycles. The minimum Gasteiger partial charge on any atom is -0.302 e. The summed E-state index contributed by atoms with van der Waals surface area (Å²) in [5.41, 5.74) is 7.56. The molecule has 1 saturated carbocycles. The van der Waals surface area contributed by atoms with Crippen LogP contribution in [0.3, 0.4) is 0 Å². The molecule has 0 aliphatic heterocycles. The van der Waals surface area contributed by atoms with Crippen molar-refractivity contribution >= 4 is 22.4 Å². The highest BCUT2D eigenvalue weighted by atomic mass is 32.1. The molecule has 1 aliphatic rings. The van der Waals surface area contributed by atoms with Crippen molar-refractivity contribution in [3.05, 3.63) is 51.7 Å². The quantitative estimate of drug-likeness (QED) is 0.651. The maximum Gasteiger partial charge on any atom is 0.230 e. The molecule has 1 N–H and O–H groups in total. The molecule has 0 saturated heterocycles. The summed E-state index contributed by atoms with van der Waals surface area (Å²) in [5.74, 6) is 0.719. The van der Waals surface area contributed by atoms with E-state index in [1.54, 1.807) is 0 Å². The Morgan fingerprint density at radius 1 is 1.21 bits per heavy atom. The molecule has 1 fully saturated rings. The predicted molar refractivity (Wildman–Crippen MR) is 114 cm³/mol. The van der Waals surface area contributed by atoms with Gasteiger partial charge in [-0.2, -0.15) is 5.10 Å². The van der Waals surface area contributed by atoms with Gasteiger partial charge >= 0.3 is 0 Å². The second-order valence-corrected chi connectivity index (χ2v) is 8.69.